The summed E-state index contributed by atoms with van der Waals surface area (Å²) >= 11 is 0. The zero-order chi connectivity index (χ0) is 20.6. The van der Waals surface area contributed by atoms with Crippen LogP contribution in [0, 0.1) is 6.92 Å². The molecule has 3 aromatic rings. The Morgan fingerprint density at radius 3 is 2.48 bits per heavy atom. The van der Waals surface area contributed by atoms with E-state index in [1.54, 1.807) is 0 Å². The number of amides is 1. The molecule has 0 spiro atoms. The number of alkyl halides is 3. The van der Waals surface area contributed by atoms with E-state index in [4.69, 9.17) is 0 Å². The van der Waals surface area contributed by atoms with E-state index >= 15 is 0 Å². The summed E-state index contributed by atoms with van der Waals surface area (Å²) in [5.74, 6) is -0.0986. The van der Waals surface area contributed by atoms with Crippen LogP contribution in [0.4, 0.5) is 19.1 Å². The van der Waals surface area contributed by atoms with E-state index in [-0.39, 0.29) is 17.3 Å². The number of imidazole rings is 1. The lowest BCUT2D eigenvalue weighted by molar-refractivity contribution is -0.141. The third-order valence-corrected chi connectivity index (χ3v) is 5.38. The Morgan fingerprint density at radius 1 is 1.07 bits per heavy atom. The largest absolute Gasteiger partial charge is 0.433 e. The molecule has 29 heavy (non-hydrogen) atoms. The summed E-state index contributed by atoms with van der Waals surface area (Å²) < 4.78 is 40.6. The molecule has 152 valence electrons. The van der Waals surface area contributed by atoms with Crippen molar-refractivity contribution in [1.29, 1.82) is 0 Å². The van der Waals surface area contributed by atoms with Gasteiger partial charge in [0.05, 0.1) is 22.3 Å². The summed E-state index contributed by atoms with van der Waals surface area (Å²) in [7, 11) is 0. The average Bonchev–Trinajstić information content (AvgIpc) is 3.05. The maximum Gasteiger partial charge on any atom is 0.433 e. The third kappa shape index (κ3) is 3.83. The third-order valence-electron chi connectivity index (χ3n) is 5.38. The number of halogens is 3. The van der Waals surface area contributed by atoms with E-state index < -0.39 is 17.8 Å². The number of fused-ring (bicyclic) bond motifs is 1. The number of benzene rings is 1. The number of rotatable bonds is 3. The fourth-order valence-electron chi connectivity index (χ4n) is 3.97. The van der Waals surface area contributed by atoms with Gasteiger partial charge >= 0.3 is 6.18 Å². The van der Waals surface area contributed by atoms with Crippen LogP contribution in [0.1, 0.15) is 59.9 Å². The number of hydrogen-bond acceptors (Lipinski definition) is 3. The molecule has 1 aromatic carbocycles. The number of nitrogens with zero attached hydrogens (tertiary/aromatic N) is 3. The second-order valence-corrected chi connectivity index (χ2v) is 7.37. The number of anilines is 1. The Hall–Kier alpha value is -2.90. The van der Waals surface area contributed by atoms with Gasteiger partial charge in [-0.25, -0.2) is 9.97 Å². The standard InChI is InChI=1S/C21H21F3N4O/c1-13-15(11-12-18(25-13)21(22,23)24)19(29)27-20-26-16-9-5-6-10-17(16)28(20)14-7-3-2-4-8-14/h5-6,9-12,14H,2-4,7-8H2,1H3,(H,26,27,29). The Labute approximate surface area is 166 Å². The van der Waals surface area contributed by atoms with Crippen LogP contribution in [0.15, 0.2) is 36.4 Å². The second-order valence-electron chi connectivity index (χ2n) is 7.37. The molecule has 2 aromatic heterocycles. The Morgan fingerprint density at radius 2 is 1.79 bits per heavy atom. The number of aromatic nitrogens is 3. The normalized spacial score (nSPS) is 15.6. The number of aryl methyl sites for hydroxylation is 1. The fourth-order valence-corrected chi connectivity index (χ4v) is 3.97. The zero-order valence-electron chi connectivity index (χ0n) is 16.0. The summed E-state index contributed by atoms with van der Waals surface area (Å²) in [6.45, 7) is 1.40. The van der Waals surface area contributed by atoms with Crippen LogP contribution >= 0.6 is 0 Å². The number of carbonyl (C=O) groups is 1. The molecular formula is C21H21F3N4O. The van der Waals surface area contributed by atoms with Crippen LogP contribution < -0.4 is 5.32 Å². The predicted molar refractivity (Wildman–Crippen MR) is 104 cm³/mol. The van der Waals surface area contributed by atoms with Crippen molar-refractivity contribution in [2.45, 2.75) is 51.2 Å². The summed E-state index contributed by atoms with van der Waals surface area (Å²) in [4.78, 5) is 20.9. The maximum atomic E-state index is 12.8. The molecule has 0 radical (unpaired) electrons. The van der Waals surface area contributed by atoms with E-state index in [2.05, 4.69) is 19.9 Å². The molecule has 0 atom stereocenters. The van der Waals surface area contributed by atoms with Gasteiger partial charge in [0.2, 0.25) is 5.95 Å². The van der Waals surface area contributed by atoms with Crippen LogP contribution in [0.3, 0.4) is 0 Å². The van der Waals surface area contributed by atoms with Crippen molar-refractivity contribution in [2.24, 2.45) is 0 Å². The highest BCUT2D eigenvalue weighted by molar-refractivity contribution is 6.04. The van der Waals surface area contributed by atoms with Crippen molar-refractivity contribution in [3.05, 3.63) is 53.3 Å². The van der Waals surface area contributed by atoms with Gasteiger partial charge in [-0.1, -0.05) is 31.4 Å². The lowest BCUT2D eigenvalue weighted by Gasteiger charge is -2.25. The molecule has 1 amide bonds. The van der Waals surface area contributed by atoms with E-state index in [1.807, 2.05) is 24.3 Å². The molecule has 0 saturated heterocycles. The number of pyridine rings is 1. The second kappa shape index (κ2) is 7.50. The van der Waals surface area contributed by atoms with Gasteiger partial charge < -0.3 is 4.57 Å². The summed E-state index contributed by atoms with van der Waals surface area (Å²) in [5.41, 5.74) is 0.825. The molecule has 1 N–H and O–H groups in total. The minimum atomic E-state index is -4.55. The van der Waals surface area contributed by atoms with Gasteiger partial charge in [-0.05, 0) is 44.0 Å². The zero-order valence-corrected chi connectivity index (χ0v) is 16.0. The van der Waals surface area contributed by atoms with Crippen LogP contribution in [0.5, 0.6) is 0 Å². The monoisotopic (exact) mass is 402 g/mol. The van der Waals surface area contributed by atoms with Crippen molar-refractivity contribution in [3.63, 3.8) is 0 Å². The van der Waals surface area contributed by atoms with Crippen LogP contribution in [0.25, 0.3) is 11.0 Å². The van der Waals surface area contributed by atoms with Crippen molar-refractivity contribution >= 4 is 22.9 Å². The SMILES string of the molecule is Cc1nc(C(F)(F)F)ccc1C(=O)Nc1nc2ccccc2n1C1CCCCC1. The summed E-state index contributed by atoms with van der Waals surface area (Å²) in [5, 5.41) is 2.80. The Bertz CT molecular complexity index is 1050. The Balaban J connectivity index is 1.68. The molecule has 8 heteroatoms. The fraction of sp³-hybridized carbons (Fsp3) is 0.381. The van der Waals surface area contributed by atoms with E-state index in [9.17, 15) is 18.0 Å². The molecular weight excluding hydrogens is 381 g/mol. The van der Waals surface area contributed by atoms with Crippen molar-refractivity contribution in [1.82, 2.24) is 14.5 Å². The molecule has 1 aliphatic carbocycles. The van der Waals surface area contributed by atoms with Gasteiger partial charge in [-0.15, -0.1) is 0 Å². The molecule has 4 rings (SSSR count). The highest BCUT2D eigenvalue weighted by Crippen LogP contribution is 2.34. The van der Waals surface area contributed by atoms with Crippen molar-refractivity contribution < 1.29 is 18.0 Å². The molecule has 1 saturated carbocycles. The van der Waals surface area contributed by atoms with Gasteiger partial charge in [0.1, 0.15) is 5.69 Å². The summed E-state index contributed by atoms with van der Waals surface area (Å²) in [6.07, 6.45) is 0.892. The minimum absolute atomic E-state index is 0.0256. The summed E-state index contributed by atoms with van der Waals surface area (Å²) in [6, 6.07) is 9.89. The minimum Gasteiger partial charge on any atom is -0.307 e. The van der Waals surface area contributed by atoms with Gasteiger partial charge in [0.15, 0.2) is 0 Å². The number of hydrogen-bond donors (Lipinski definition) is 1. The highest BCUT2D eigenvalue weighted by Gasteiger charge is 2.33. The van der Waals surface area contributed by atoms with E-state index in [0.29, 0.717) is 5.95 Å². The molecule has 5 nitrogen and oxygen atoms in total. The first-order valence-corrected chi connectivity index (χ1v) is 9.68. The number of carbonyl (C=O) groups excluding carboxylic acids is 1. The smallest absolute Gasteiger partial charge is 0.307 e. The first kappa shape index (κ1) is 19.4. The molecule has 0 unspecified atom stereocenters. The van der Waals surface area contributed by atoms with Crippen LogP contribution in [-0.4, -0.2) is 20.4 Å². The Kier molecular flexibility index (Phi) is 5.02. The first-order valence-electron chi connectivity index (χ1n) is 9.68. The quantitative estimate of drug-likeness (QED) is 0.628. The van der Waals surface area contributed by atoms with Crippen molar-refractivity contribution in [3.8, 4) is 0 Å². The van der Waals surface area contributed by atoms with E-state index in [1.165, 1.54) is 13.3 Å². The maximum absolute atomic E-state index is 12.8. The lowest BCUT2D eigenvalue weighted by atomic mass is 9.95. The molecule has 2 heterocycles. The molecule has 0 bridgehead atoms. The first-order chi connectivity index (χ1) is 13.8. The lowest BCUT2D eigenvalue weighted by Crippen LogP contribution is -2.21. The average molecular weight is 402 g/mol. The topological polar surface area (TPSA) is 59.8 Å². The van der Waals surface area contributed by atoms with Gasteiger partial charge in [-0.3, -0.25) is 10.1 Å². The highest BCUT2D eigenvalue weighted by atomic mass is 19.4. The molecule has 1 fully saturated rings. The van der Waals surface area contributed by atoms with Crippen molar-refractivity contribution in [2.75, 3.05) is 5.32 Å². The molecule has 0 aliphatic heterocycles. The van der Waals surface area contributed by atoms with Crippen LogP contribution in [-0.2, 0) is 6.18 Å². The predicted octanol–water partition coefficient (Wildman–Crippen LogP) is 5.52. The molecule has 1 aliphatic rings. The van der Waals surface area contributed by atoms with E-state index in [0.717, 1.165) is 48.8 Å². The van der Waals surface area contributed by atoms with Gasteiger partial charge in [-0.2, -0.15) is 13.2 Å². The van der Waals surface area contributed by atoms with Crippen LogP contribution in [0.2, 0.25) is 0 Å². The van der Waals surface area contributed by atoms with Gasteiger partial charge in [0, 0.05) is 6.04 Å². The van der Waals surface area contributed by atoms with Gasteiger partial charge in [0.25, 0.3) is 5.91 Å². The number of para-hydroxylation sites is 2. The number of nitrogens with one attached hydrogen (secondary N) is 1.